The van der Waals surface area contributed by atoms with Crippen molar-refractivity contribution in [1.82, 2.24) is 19.7 Å². The van der Waals surface area contributed by atoms with Gasteiger partial charge in [0.25, 0.3) is 5.56 Å². The van der Waals surface area contributed by atoms with Crippen LogP contribution in [0.2, 0.25) is 10.0 Å². The number of benzene rings is 2. The van der Waals surface area contributed by atoms with E-state index in [4.69, 9.17) is 23.2 Å². The highest BCUT2D eigenvalue weighted by molar-refractivity contribution is 7.99. The molecule has 2 heterocycles. The molecule has 0 saturated carbocycles. The van der Waals surface area contributed by atoms with Gasteiger partial charge in [0.15, 0.2) is 10.8 Å². The fourth-order valence-electron chi connectivity index (χ4n) is 3.02. The summed E-state index contributed by atoms with van der Waals surface area (Å²) in [5.74, 6) is -0.213. The van der Waals surface area contributed by atoms with E-state index >= 15 is 0 Å². The third-order valence-corrected chi connectivity index (χ3v) is 6.47. The number of nitrogens with zero attached hydrogens (tertiary/aromatic N) is 3. The minimum absolute atomic E-state index is 0.0389. The highest BCUT2D eigenvalue weighted by Gasteiger charge is 2.18. The maximum atomic E-state index is 13.2. The number of anilines is 1. The Bertz CT molecular complexity index is 1370. The summed E-state index contributed by atoms with van der Waals surface area (Å²) in [4.78, 5) is 30.2. The van der Waals surface area contributed by atoms with Gasteiger partial charge in [-0.1, -0.05) is 47.1 Å². The largest absolute Gasteiger partial charge is 0.325 e. The minimum Gasteiger partial charge on any atom is -0.325 e. The molecule has 31 heavy (non-hydrogen) atoms. The Kier molecular flexibility index (Phi) is 6.04. The van der Waals surface area contributed by atoms with E-state index < -0.39 is 0 Å². The average molecular weight is 474 g/mol. The van der Waals surface area contributed by atoms with Crippen LogP contribution < -0.4 is 10.9 Å². The topological polar surface area (TPSA) is 92.7 Å². The van der Waals surface area contributed by atoms with Crippen LogP contribution >= 0.6 is 35.0 Å². The quantitative estimate of drug-likeness (QED) is 0.321. The lowest BCUT2D eigenvalue weighted by Crippen LogP contribution is -2.23. The van der Waals surface area contributed by atoms with Crippen molar-refractivity contribution < 1.29 is 4.79 Å². The van der Waals surface area contributed by atoms with Crippen molar-refractivity contribution in [3.8, 4) is 5.69 Å². The van der Waals surface area contributed by atoms with Gasteiger partial charge in [-0.15, -0.1) is 0 Å². The summed E-state index contributed by atoms with van der Waals surface area (Å²) < 4.78 is 1.46. The third-order valence-electron chi connectivity index (χ3n) is 4.72. The molecule has 0 fully saturated rings. The Morgan fingerprint density at radius 2 is 2.00 bits per heavy atom. The summed E-state index contributed by atoms with van der Waals surface area (Å²) in [6.45, 7) is 3.71. The monoisotopic (exact) mass is 473 g/mol. The fourth-order valence-corrected chi connectivity index (χ4v) is 4.17. The van der Waals surface area contributed by atoms with Crippen LogP contribution in [0.15, 0.2) is 52.5 Å². The number of rotatable bonds is 5. The number of nitrogens with one attached hydrogen (secondary N) is 2. The Morgan fingerprint density at radius 1 is 1.19 bits per heavy atom. The van der Waals surface area contributed by atoms with Crippen molar-refractivity contribution >= 4 is 57.6 Å². The van der Waals surface area contributed by atoms with Crippen molar-refractivity contribution in [2.24, 2.45) is 0 Å². The van der Waals surface area contributed by atoms with E-state index in [2.05, 4.69) is 20.5 Å². The van der Waals surface area contributed by atoms with E-state index in [-0.39, 0.29) is 17.2 Å². The normalized spacial score (nSPS) is 11.1. The standard InChI is InChI=1S/C21H17Cl2N5O2S/c1-11-6-7-13(8-16(11)23)25-18(29)10-31-21-26-19-14(9-24-27-19)20(30)28(21)17-5-3-4-15(22)12(17)2/h3-9H,10H2,1-2H3,(H,24,27)(H,25,29). The molecule has 0 radical (unpaired) electrons. The third kappa shape index (κ3) is 4.32. The SMILES string of the molecule is Cc1ccc(NC(=O)CSc2nc3[nH]ncc3c(=O)n2-c2cccc(Cl)c2C)cc1Cl. The van der Waals surface area contributed by atoms with Gasteiger partial charge >= 0.3 is 0 Å². The lowest BCUT2D eigenvalue weighted by Gasteiger charge is -2.14. The molecule has 0 unspecified atom stereocenters. The van der Waals surface area contributed by atoms with E-state index in [0.29, 0.717) is 37.6 Å². The first-order valence-corrected chi connectivity index (χ1v) is 11.0. The maximum Gasteiger partial charge on any atom is 0.269 e. The molecule has 4 rings (SSSR count). The Labute approximate surface area is 191 Å². The summed E-state index contributed by atoms with van der Waals surface area (Å²) in [6, 6.07) is 10.6. The van der Waals surface area contributed by atoms with Gasteiger partial charge in [-0.25, -0.2) is 4.98 Å². The average Bonchev–Trinajstić information content (AvgIpc) is 3.21. The molecule has 0 bridgehead atoms. The van der Waals surface area contributed by atoms with Gasteiger partial charge in [-0.3, -0.25) is 19.3 Å². The van der Waals surface area contributed by atoms with Crippen molar-refractivity contribution in [2.75, 3.05) is 11.1 Å². The number of fused-ring (bicyclic) bond motifs is 1. The summed E-state index contributed by atoms with van der Waals surface area (Å²) in [5.41, 5.74) is 2.91. The molecule has 2 N–H and O–H groups in total. The molecule has 0 aliphatic carbocycles. The van der Waals surface area contributed by atoms with E-state index in [9.17, 15) is 9.59 Å². The number of halogens is 2. The molecule has 0 aliphatic rings. The van der Waals surface area contributed by atoms with Gasteiger partial charge in [0.1, 0.15) is 5.39 Å². The highest BCUT2D eigenvalue weighted by Crippen LogP contribution is 2.26. The number of aryl methyl sites for hydroxylation is 1. The minimum atomic E-state index is -0.294. The Morgan fingerprint density at radius 3 is 2.77 bits per heavy atom. The molecular weight excluding hydrogens is 457 g/mol. The zero-order chi connectivity index (χ0) is 22.1. The van der Waals surface area contributed by atoms with Crippen LogP contribution in [0.5, 0.6) is 0 Å². The van der Waals surface area contributed by atoms with Crippen molar-refractivity contribution in [2.45, 2.75) is 19.0 Å². The first-order chi connectivity index (χ1) is 14.8. The highest BCUT2D eigenvalue weighted by atomic mass is 35.5. The zero-order valence-electron chi connectivity index (χ0n) is 16.6. The number of amides is 1. The molecular formula is C21H17Cl2N5O2S. The summed E-state index contributed by atoms with van der Waals surface area (Å²) in [7, 11) is 0. The van der Waals surface area contributed by atoms with Crippen LogP contribution in [-0.2, 0) is 4.79 Å². The Hall–Kier alpha value is -2.81. The molecule has 0 saturated heterocycles. The molecule has 2 aromatic heterocycles. The number of hydrogen-bond donors (Lipinski definition) is 2. The molecule has 7 nitrogen and oxygen atoms in total. The first kappa shape index (κ1) is 21.4. The van der Waals surface area contributed by atoms with Gasteiger partial charge in [-0.2, -0.15) is 5.10 Å². The molecule has 4 aromatic rings. The second-order valence-corrected chi connectivity index (χ2v) is 8.61. The van der Waals surface area contributed by atoms with Gasteiger partial charge in [0, 0.05) is 15.7 Å². The number of hydrogen-bond acceptors (Lipinski definition) is 5. The summed E-state index contributed by atoms with van der Waals surface area (Å²) >= 11 is 13.5. The number of carbonyl (C=O) groups is 1. The predicted molar refractivity (Wildman–Crippen MR) is 125 cm³/mol. The van der Waals surface area contributed by atoms with Crippen molar-refractivity contribution in [3.63, 3.8) is 0 Å². The molecule has 10 heteroatoms. The predicted octanol–water partition coefficient (Wildman–Crippen LogP) is 4.76. The van der Waals surface area contributed by atoms with Crippen LogP contribution in [0.3, 0.4) is 0 Å². The first-order valence-electron chi connectivity index (χ1n) is 9.25. The molecule has 0 spiro atoms. The van der Waals surface area contributed by atoms with E-state index in [1.807, 2.05) is 19.9 Å². The lowest BCUT2D eigenvalue weighted by atomic mass is 10.2. The van der Waals surface area contributed by atoms with E-state index in [0.717, 1.165) is 22.9 Å². The molecule has 2 aromatic carbocycles. The van der Waals surface area contributed by atoms with Crippen LogP contribution in [0, 0.1) is 13.8 Å². The van der Waals surface area contributed by atoms with Gasteiger partial charge in [-0.05, 0) is 49.2 Å². The molecule has 0 atom stereocenters. The van der Waals surface area contributed by atoms with Gasteiger partial charge in [0.2, 0.25) is 5.91 Å². The number of aromatic nitrogens is 4. The van der Waals surface area contributed by atoms with Crippen molar-refractivity contribution in [3.05, 3.63) is 74.1 Å². The Balaban J connectivity index is 1.67. The maximum absolute atomic E-state index is 13.2. The van der Waals surface area contributed by atoms with Crippen molar-refractivity contribution in [1.29, 1.82) is 0 Å². The van der Waals surface area contributed by atoms with E-state index in [1.165, 1.54) is 10.8 Å². The zero-order valence-corrected chi connectivity index (χ0v) is 18.9. The van der Waals surface area contributed by atoms with Crippen LogP contribution in [0.1, 0.15) is 11.1 Å². The lowest BCUT2D eigenvalue weighted by molar-refractivity contribution is -0.113. The second kappa shape index (κ2) is 8.74. The van der Waals surface area contributed by atoms with Gasteiger partial charge in [0.05, 0.1) is 17.6 Å². The van der Waals surface area contributed by atoms with Crippen LogP contribution in [0.25, 0.3) is 16.7 Å². The molecule has 1 amide bonds. The number of H-pyrrole nitrogens is 1. The second-order valence-electron chi connectivity index (χ2n) is 6.85. The van der Waals surface area contributed by atoms with Gasteiger partial charge < -0.3 is 5.32 Å². The fraction of sp³-hybridized carbons (Fsp3) is 0.143. The summed E-state index contributed by atoms with van der Waals surface area (Å²) in [5, 5.41) is 11.2. The smallest absolute Gasteiger partial charge is 0.269 e. The summed E-state index contributed by atoms with van der Waals surface area (Å²) in [6.07, 6.45) is 1.43. The van der Waals surface area contributed by atoms with Crippen LogP contribution in [0.4, 0.5) is 5.69 Å². The number of aromatic amines is 1. The molecule has 158 valence electrons. The van der Waals surface area contributed by atoms with E-state index in [1.54, 1.807) is 30.3 Å². The van der Waals surface area contributed by atoms with Crippen LogP contribution in [-0.4, -0.2) is 31.4 Å². The number of thioether (sulfide) groups is 1. The molecule has 0 aliphatic heterocycles. The number of carbonyl (C=O) groups excluding carboxylic acids is 1.